The number of hydrogen-bond donors (Lipinski definition) is 1. The maximum atomic E-state index is 13.6. The quantitative estimate of drug-likeness (QED) is 0.507. The van der Waals surface area contributed by atoms with E-state index < -0.39 is 23.7 Å². The van der Waals surface area contributed by atoms with E-state index in [-0.39, 0.29) is 23.4 Å². The highest BCUT2D eigenvalue weighted by atomic mass is 19.1. The van der Waals surface area contributed by atoms with Gasteiger partial charge in [-0.05, 0) is 54.1 Å². The first-order chi connectivity index (χ1) is 15.9. The molecule has 1 aliphatic rings. The lowest BCUT2D eigenvalue weighted by molar-refractivity contribution is -0.119. The van der Waals surface area contributed by atoms with Gasteiger partial charge in [-0.15, -0.1) is 0 Å². The number of hydrogen-bond acceptors (Lipinski definition) is 5. The molecule has 1 unspecified atom stereocenters. The van der Waals surface area contributed by atoms with Gasteiger partial charge in [0.1, 0.15) is 17.1 Å². The minimum atomic E-state index is -0.802. The van der Waals surface area contributed by atoms with Crippen LogP contribution in [0.5, 0.6) is 5.75 Å². The van der Waals surface area contributed by atoms with E-state index in [0.717, 1.165) is 0 Å². The van der Waals surface area contributed by atoms with Crippen LogP contribution in [0.3, 0.4) is 0 Å². The van der Waals surface area contributed by atoms with Crippen molar-refractivity contribution < 1.29 is 23.1 Å². The van der Waals surface area contributed by atoms with Gasteiger partial charge in [0, 0.05) is 5.69 Å². The van der Waals surface area contributed by atoms with E-state index in [9.17, 15) is 18.8 Å². The number of benzene rings is 3. The molecule has 0 saturated heterocycles. The first-order valence-electron chi connectivity index (χ1n) is 10.1. The number of halogens is 1. The van der Waals surface area contributed by atoms with Crippen LogP contribution in [-0.4, -0.2) is 18.4 Å². The number of fused-ring (bicyclic) bond motifs is 2. The summed E-state index contributed by atoms with van der Waals surface area (Å²) in [6.07, 6.45) is 0. The predicted molar refractivity (Wildman–Crippen MR) is 119 cm³/mol. The number of carbonyl (C=O) groups is 2. The Morgan fingerprint density at radius 3 is 2.39 bits per heavy atom. The first-order valence-corrected chi connectivity index (χ1v) is 10.1. The number of rotatable bonds is 5. The molecule has 8 heteroatoms. The lowest BCUT2D eigenvalue weighted by Crippen LogP contribution is -2.29. The fourth-order valence-electron chi connectivity index (χ4n) is 4.00. The molecule has 0 aliphatic carbocycles. The minimum absolute atomic E-state index is 0.0536. The first kappa shape index (κ1) is 20.4. The van der Waals surface area contributed by atoms with Crippen LogP contribution in [0.1, 0.15) is 27.7 Å². The standard InChI is InChI=1S/C25H17FN2O5/c26-15-7-9-16(10-8-15)28-22(14-5-11-17(12-6-14)32-13-20(27)29)21-23(30)18-3-1-2-4-19(18)33-24(21)25(28)31/h1-12,22H,13H2,(H2,27,29). The van der Waals surface area contributed by atoms with E-state index >= 15 is 0 Å². The summed E-state index contributed by atoms with van der Waals surface area (Å²) in [6.45, 7) is -0.276. The highest BCUT2D eigenvalue weighted by Gasteiger charge is 2.43. The van der Waals surface area contributed by atoms with E-state index in [2.05, 4.69) is 0 Å². The van der Waals surface area contributed by atoms with Gasteiger partial charge in [0.05, 0.1) is 17.0 Å². The highest BCUT2D eigenvalue weighted by Crippen LogP contribution is 2.41. The zero-order chi connectivity index (χ0) is 23.1. The van der Waals surface area contributed by atoms with Gasteiger partial charge in [-0.25, -0.2) is 4.39 Å². The zero-order valence-corrected chi connectivity index (χ0v) is 17.2. The van der Waals surface area contributed by atoms with Crippen LogP contribution in [0.4, 0.5) is 10.1 Å². The average molecular weight is 444 g/mol. The number of para-hydroxylation sites is 1. The average Bonchev–Trinajstić information content (AvgIpc) is 3.11. The Hall–Kier alpha value is -4.46. The molecule has 2 heterocycles. The molecule has 3 aromatic carbocycles. The number of amides is 2. The normalized spacial score (nSPS) is 15.0. The van der Waals surface area contributed by atoms with Gasteiger partial charge >= 0.3 is 0 Å². The molecule has 33 heavy (non-hydrogen) atoms. The topological polar surface area (TPSA) is 103 Å². The SMILES string of the molecule is NC(=O)COc1ccc(C2c3c(oc4ccccc4c3=O)C(=O)N2c2ccc(F)cc2)cc1. The van der Waals surface area contributed by atoms with Crippen molar-refractivity contribution >= 4 is 28.5 Å². The lowest BCUT2D eigenvalue weighted by atomic mass is 9.98. The van der Waals surface area contributed by atoms with Gasteiger partial charge in [0.2, 0.25) is 5.76 Å². The molecule has 0 fully saturated rings. The molecule has 1 aliphatic heterocycles. The van der Waals surface area contributed by atoms with Gasteiger partial charge in [-0.2, -0.15) is 0 Å². The van der Waals surface area contributed by atoms with Crippen molar-refractivity contribution in [2.75, 3.05) is 11.5 Å². The Morgan fingerprint density at radius 1 is 1.00 bits per heavy atom. The molecule has 1 atom stereocenters. The molecular formula is C25H17FN2O5. The van der Waals surface area contributed by atoms with Crippen molar-refractivity contribution in [3.05, 3.63) is 106 Å². The van der Waals surface area contributed by atoms with Gasteiger partial charge in [0.25, 0.3) is 11.8 Å². The van der Waals surface area contributed by atoms with Crippen molar-refractivity contribution in [1.82, 2.24) is 0 Å². The second kappa shape index (κ2) is 7.90. The third kappa shape index (κ3) is 3.51. The van der Waals surface area contributed by atoms with E-state index in [1.54, 1.807) is 48.5 Å². The number of nitrogens with zero attached hydrogens (tertiary/aromatic N) is 1. The van der Waals surface area contributed by atoms with E-state index in [1.165, 1.54) is 29.2 Å². The Balaban J connectivity index is 1.68. The summed E-state index contributed by atoms with van der Waals surface area (Å²) >= 11 is 0. The number of primary amides is 1. The smallest absolute Gasteiger partial charge is 0.295 e. The van der Waals surface area contributed by atoms with Crippen LogP contribution in [-0.2, 0) is 4.79 Å². The number of nitrogens with two attached hydrogens (primary N) is 1. The van der Waals surface area contributed by atoms with Crippen LogP contribution >= 0.6 is 0 Å². The molecule has 7 nitrogen and oxygen atoms in total. The number of ether oxygens (including phenoxy) is 1. The van der Waals surface area contributed by atoms with Gasteiger partial charge in [-0.3, -0.25) is 19.3 Å². The minimum Gasteiger partial charge on any atom is -0.484 e. The number of carbonyl (C=O) groups excluding carboxylic acids is 2. The Labute approximate surface area is 186 Å². The van der Waals surface area contributed by atoms with E-state index in [1.807, 2.05) is 0 Å². The summed E-state index contributed by atoms with van der Waals surface area (Å²) in [5.41, 5.74) is 6.33. The van der Waals surface area contributed by atoms with Crippen LogP contribution in [0.2, 0.25) is 0 Å². The summed E-state index contributed by atoms with van der Waals surface area (Å²) in [7, 11) is 0. The van der Waals surface area contributed by atoms with Gasteiger partial charge in [-0.1, -0.05) is 24.3 Å². The molecule has 0 saturated carbocycles. The Bertz CT molecular complexity index is 1440. The fourth-order valence-corrected chi connectivity index (χ4v) is 4.00. The van der Waals surface area contributed by atoms with Crippen LogP contribution in [0.25, 0.3) is 11.0 Å². The molecular weight excluding hydrogens is 427 g/mol. The maximum Gasteiger partial charge on any atom is 0.295 e. The molecule has 0 bridgehead atoms. The Morgan fingerprint density at radius 2 is 1.70 bits per heavy atom. The van der Waals surface area contributed by atoms with Gasteiger partial charge < -0.3 is 14.9 Å². The molecule has 164 valence electrons. The summed E-state index contributed by atoms with van der Waals surface area (Å²) < 4.78 is 24.7. The summed E-state index contributed by atoms with van der Waals surface area (Å²) in [5, 5.41) is 0.358. The molecule has 5 rings (SSSR count). The summed E-state index contributed by atoms with van der Waals surface area (Å²) in [6, 6.07) is 18.0. The second-order valence-electron chi connectivity index (χ2n) is 7.55. The third-order valence-corrected chi connectivity index (χ3v) is 5.46. The van der Waals surface area contributed by atoms with Crippen molar-refractivity contribution in [2.24, 2.45) is 5.73 Å². The second-order valence-corrected chi connectivity index (χ2v) is 7.55. The van der Waals surface area contributed by atoms with Crippen molar-refractivity contribution in [3.8, 4) is 5.75 Å². The molecule has 2 amide bonds. The monoisotopic (exact) mass is 444 g/mol. The summed E-state index contributed by atoms with van der Waals surface area (Å²) in [5.74, 6) is -1.21. The van der Waals surface area contributed by atoms with Gasteiger partial charge in [0.15, 0.2) is 12.0 Å². The summed E-state index contributed by atoms with van der Waals surface area (Å²) in [4.78, 5) is 39.3. The predicted octanol–water partition coefficient (Wildman–Crippen LogP) is 3.55. The molecule has 2 N–H and O–H groups in total. The van der Waals surface area contributed by atoms with Crippen LogP contribution < -0.4 is 20.8 Å². The van der Waals surface area contributed by atoms with Crippen molar-refractivity contribution in [3.63, 3.8) is 0 Å². The largest absolute Gasteiger partial charge is 0.484 e. The van der Waals surface area contributed by atoms with Crippen LogP contribution in [0.15, 0.2) is 82.0 Å². The molecule has 0 spiro atoms. The zero-order valence-electron chi connectivity index (χ0n) is 17.2. The fraction of sp³-hybridized carbons (Fsp3) is 0.0800. The lowest BCUT2D eigenvalue weighted by Gasteiger charge is -2.25. The van der Waals surface area contributed by atoms with E-state index in [0.29, 0.717) is 28.0 Å². The Kier molecular flexibility index (Phi) is 4.90. The molecule has 1 aromatic heterocycles. The maximum absolute atomic E-state index is 13.6. The van der Waals surface area contributed by atoms with Crippen molar-refractivity contribution in [2.45, 2.75) is 6.04 Å². The third-order valence-electron chi connectivity index (χ3n) is 5.46. The van der Waals surface area contributed by atoms with E-state index in [4.69, 9.17) is 14.9 Å². The molecule has 0 radical (unpaired) electrons. The van der Waals surface area contributed by atoms with Crippen molar-refractivity contribution in [1.29, 1.82) is 0 Å². The van der Waals surface area contributed by atoms with Crippen LogP contribution in [0, 0.1) is 5.82 Å². The number of anilines is 1. The highest BCUT2D eigenvalue weighted by molar-refractivity contribution is 6.10. The molecule has 4 aromatic rings.